The summed E-state index contributed by atoms with van der Waals surface area (Å²) < 4.78 is 0. The van der Waals surface area contributed by atoms with Gasteiger partial charge in [-0.1, -0.05) is 46.0 Å². The molecule has 1 aliphatic rings. The Morgan fingerprint density at radius 2 is 1.85 bits per heavy atom. The van der Waals surface area contributed by atoms with Gasteiger partial charge in [0.15, 0.2) is 0 Å². The van der Waals surface area contributed by atoms with Gasteiger partial charge in [0.2, 0.25) is 0 Å². The molecular weight excluding hydrogens is 246 g/mol. The second-order valence-corrected chi connectivity index (χ2v) is 6.54. The summed E-state index contributed by atoms with van der Waals surface area (Å²) in [5, 5.41) is 0. The molecule has 2 nitrogen and oxygen atoms in total. The minimum Gasteiger partial charge on any atom is -0.300 e. The van der Waals surface area contributed by atoms with E-state index in [1.165, 1.54) is 57.8 Å². The van der Waals surface area contributed by atoms with Gasteiger partial charge in [0.25, 0.3) is 0 Å². The van der Waals surface area contributed by atoms with Gasteiger partial charge in [-0.15, -0.1) is 0 Å². The van der Waals surface area contributed by atoms with Crippen molar-refractivity contribution in [1.29, 1.82) is 0 Å². The van der Waals surface area contributed by atoms with Gasteiger partial charge in [-0.05, 0) is 45.6 Å². The van der Waals surface area contributed by atoms with Crippen LogP contribution in [-0.4, -0.2) is 29.3 Å². The SMILES string of the molecule is CCCCC(CC)N(CCCC(C)=O)C1CCCCC1. The Kier molecular flexibility index (Phi) is 9.17. The van der Waals surface area contributed by atoms with Crippen LogP contribution in [0.2, 0.25) is 0 Å². The highest BCUT2D eigenvalue weighted by Crippen LogP contribution is 2.27. The Hall–Kier alpha value is -0.370. The maximum atomic E-state index is 11.2. The topological polar surface area (TPSA) is 20.3 Å². The van der Waals surface area contributed by atoms with Crippen molar-refractivity contribution in [2.45, 2.75) is 103 Å². The molecule has 1 rings (SSSR count). The zero-order valence-electron chi connectivity index (χ0n) is 14.0. The fourth-order valence-electron chi connectivity index (χ4n) is 3.63. The predicted molar refractivity (Wildman–Crippen MR) is 87.1 cm³/mol. The largest absolute Gasteiger partial charge is 0.300 e. The molecule has 1 fully saturated rings. The lowest BCUT2D eigenvalue weighted by Crippen LogP contribution is -2.44. The molecule has 0 aromatic heterocycles. The van der Waals surface area contributed by atoms with Crippen LogP contribution in [0.3, 0.4) is 0 Å². The molecule has 0 saturated heterocycles. The van der Waals surface area contributed by atoms with Crippen LogP contribution in [-0.2, 0) is 4.79 Å². The fraction of sp³-hybridized carbons (Fsp3) is 0.944. The quantitative estimate of drug-likeness (QED) is 0.564. The molecule has 0 N–H and O–H groups in total. The number of hydrogen-bond donors (Lipinski definition) is 0. The zero-order chi connectivity index (χ0) is 14.8. The van der Waals surface area contributed by atoms with Crippen molar-refractivity contribution in [3.05, 3.63) is 0 Å². The highest BCUT2D eigenvalue weighted by molar-refractivity contribution is 5.75. The van der Waals surface area contributed by atoms with E-state index >= 15 is 0 Å². The van der Waals surface area contributed by atoms with E-state index in [9.17, 15) is 4.79 Å². The van der Waals surface area contributed by atoms with Gasteiger partial charge in [0.1, 0.15) is 5.78 Å². The van der Waals surface area contributed by atoms with E-state index in [-0.39, 0.29) is 0 Å². The highest BCUT2D eigenvalue weighted by atomic mass is 16.1. The van der Waals surface area contributed by atoms with Crippen molar-refractivity contribution in [2.75, 3.05) is 6.54 Å². The normalized spacial score (nSPS) is 18.4. The van der Waals surface area contributed by atoms with E-state index < -0.39 is 0 Å². The molecule has 0 heterocycles. The Morgan fingerprint density at radius 1 is 1.15 bits per heavy atom. The van der Waals surface area contributed by atoms with Crippen molar-refractivity contribution >= 4 is 5.78 Å². The molecule has 118 valence electrons. The van der Waals surface area contributed by atoms with Gasteiger partial charge in [-0.3, -0.25) is 4.90 Å². The van der Waals surface area contributed by atoms with Crippen molar-refractivity contribution < 1.29 is 4.79 Å². The van der Waals surface area contributed by atoms with Gasteiger partial charge in [0.05, 0.1) is 0 Å². The monoisotopic (exact) mass is 281 g/mol. The standard InChI is InChI=1S/C18H35NO/c1-4-6-12-17(5-2)19(15-10-11-16(3)20)18-13-8-7-9-14-18/h17-18H,4-15H2,1-3H3. The summed E-state index contributed by atoms with van der Waals surface area (Å²) in [4.78, 5) is 14.0. The molecule has 0 radical (unpaired) electrons. The Morgan fingerprint density at radius 3 is 2.40 bits per heavy atom. The summed E-state index contributed by atoms with van der Waals surface area (Å²) in [6.45, 7) is 7.47. The van der Waals surface area contributed by atoms with E-state index in [0.29, 0.717) is 5.78 Å². The third-order valence-corrected chi connectivity index (χ3v) is 4.82. The summed E-state index contributed by atoms with van der Waals surface area (Å²) in [7, 11) is 0. The van der Waals surface area contributed by atoms with Gasteiger partial charge in [-0.25, -0.2) is 0 Å². The summed E-state index contributed by atoms with van der Waals surface area (Å²) in [6, 6.07) is 1.53. The summed E-state index contributed by atoms with van der Waals surface area (Å²) in [5.74, 6) is 0.343. The molecule has 2 heteroatoms. The number of unbranched alkanes of at least 4 members (excludes halogenated alkanes) is 1. The minimum absolute atomic E-state index is 0.343. The van der Waals surface area contributed by atoms with Crippen LogP contribution in [0, 0.1) is 0 Å². The number of nitrogens with zero attached hydrogens (tertiary/aromatic N) is 1. The Bertz CT molecular complexity index is 258. The average molecular weight is 281 g/mol. The number of rotatable bonds is 10. The van der Waals surface area contributed by atoms with Crippen molar-refractivity contribution in [3.8, 4) is 0 Å². The van der Waals surface area contributed by atoms with Crippen molar-refractivity contribution in [2.24, 2.45) is 0 Å². The molecule has 1 atom stereocenters. The van der Waals surface area contributed by atoms with E-state index in [4.69, 9.17) is 0 Å². The second-order valence-electron chi connectivity index (χ2n) is 6.54. The molecule has 1 unspecified atom stereocenters. The van der Waals surface area contributed by atoms with Gasteiger partial charge < -0.3 is 4.79 Å². The molecule has 0 spiro atoms. The molecule has 0 bridgehead atoms. The lowest BCUT2D eigenvalue weighted by atomic mass is 9.91. The Balaban J connectivity index is 2.57. The average Bonchev–Trinajstić information content (AvgIpc) is 2.46. The number of ketones is 1. The van der Waals surface area contributed by atoms with Crippen LogP contribution in [0.5, 0.6) is 0 Å². The van der Waals surface area contributed by atoms with Crippen LogP contribution in [0.1, 0.15) is 91.4 Å². The third-order valence-electron chi connectivity index (χ3n) is 4.82. The molecule has 20 heavy (non-hydrogen) atoms. The molecule has 0 amide bonds. The molecule has 0 aromatic rings. The first-order valence-electron chi connectivity index (χ1n) is 8.94. The van der Waals surface area contributed by atoms with Gasteiger partial charge >= 0.3 is 0 Å². The first-order valence-corrected chi connectivity index (χ1v) is 8.94. The first-order chi connectivity index (χ1) is 9.69. The van der Waals surface area contributed by atoms with Crippen LogP contribution in [0.15, 0.2) is 0 Å². The number of hydrogen-bond acceptors (Lipinski definition) is 2. The zero-order valence-corrected chi connectivity index (χ0v) is 14.0. The molecule has 1 aliphatic carbocycles. The van der Waals surface area contributed by atoms with E-state index in [2.05, 4.69) is 18.7 Å². The van der Waals surface area contributed by atoms with Crippen LogP contribution in [0.4, 0.5) is 0 Å². The van der Waals surface area contributed by atoms with Crippen molar-refractivity contribution in [3.63, 3.8) is 0 Å². The fourth-order valence-corrected chi connectivity index (χ4v) is 3.63. The smallest absolute Gasteiger partial charge is 0.129 e. The summed E-state index contributed by atoms with van der Waals surface area (Å²) >= 11 is 0. The number of carbonyl (C=O) groups excluding carboxylic acids is 1. The van der Waals surface area contributed by atoms with Crippen LogP contribution >= 0.6 is 0 Å². The number of carbonyl (C=O) groups is 1. The van der Waals surface area contributed by atoms with Gasteiger partial charge in [-0.2, -0.15) is 0 Å². The van der Waals surface area contributed by atoms with Crippen LogP contribution in [0.25, 0.3) is 0 Å². The highest BCUT2D eigenvalue weighted by Gasteiger charge is 2.26. The van der Waals surface area contributed by atoms with Crippen molar-refractivity contribution in [1.82, 2.24) is 4.90 Å². The summed E-state index contributed by atoms with van der Waals surface area (Å²) in [5.41, 5.74) is 0. The first kappa shape index (κ1) is 17.7. The van der Waals surface area contributed by atoms with Gasteiger partial charge in [0, 0.05) is 18.5 Å². The van der Waals surface area contributed by atoms with E-state index in [1.54, 1.807) is 6.92 Å². The predicted octanol–water partition coefficient (Wildman–Crippen LogP) is 4.96. The molecular formula is C18H35NO. The Labute approximate surface area is 126 Å². The lowest BCUT2D eigenvalue weighted by molar-refractivity contribution is -0.117. The minimum atomic E-state index is 0.343. The van der Waals surface area contributed by atoms with E-state index in [1.807, 2.05) is 0 Å². The lowest BCUT2D eigenvalue weighted by Gasteiger charge is -2.40. The maximum absolute atomic E-state index is 11.2. The van der Waals surface area contributed by atoms with E-state index in [0.717, 1.165) is 31.5 Å². The molecule has 0 aromatic carbocycles. The maximum Gasteiger partial charge on any atom is 0.129 e. The van der Waals surface area contributed by atoms with Crippen LogP contribution < -0.4 is 0 Å². The molecule has 0 aliphatic heterocycles. The third kappa shape index (κ3) is 6.39. The number of Topliss-reactive ketones (excluding diaryl/α,β-unsaturated/α-hetero) is 1. The summed E-state index contributed by atoms with van der Waals surface area (Å²) in [6.07, 6.45) is 14.0. The second kappa shape index (κ2) is 10.4. The molecule has 1 saturated carbocycles.